The SMILES string of the molecule is C=CCc1c2c(c(O)c3c(=O)cc(C)oc13)C=CC(C)(C)O2. The summed E-state index contributed by atoms with van der Waals surface area (Å²) in [6, 6.07) is 1.38. The molecular formula is C18H18O4. The van der Waals surface area contributed by atoms with E-state index >= 15 is 0 Å². The second kappa shape index (κ2) is 4.77. The van der Waals surface area contributed by atoms with Crippen LogP contribution in [0.5, 0.6) is 11.5 Å². The molecule has 2 aromatic rings. The van der Waals surface area contributed by atoms with Crippen molar-refractivity contribution in [2.24, 2.45) is 0 Å². The topological polar surface area (TPSA) is 59.7 Å². The molecular weight excluding hydrogens is 280 g/mol. The lowest BCUT2D eigenvalue weighted by molar-refractivity contribution is 0.157. The van der Waals surface area contributed by atoms with Gasteiger partial charge in [-0.15, -0.1) is 6.58 Å². The first kappa shape index (κ1) is 14.4. The zero-order valence-electron chi connectivity index (χ0n) is 12.9. The molecule has 1 aromatic heterocycles. The number of rotatable bonds is 2. The Kier molecular flexibility index (Phi) is 3.13. The van der Waals surface area contributed by atoms with Gasteiger partial charge in [-0.05, 0) is 39.3 Å². The predicted molar refractivity (Wildman–Crippen MR) is 86.5 cm³/mol. The first-order valence-corrected chi connectivity index (χ1v) is 7.15. The van der Waals surface area contributed by atoms with Crippen LogP contribution in [0.15, 0.2) is 34.0 Å². The van der Waals surface area contributed by atoms with E-state index in [1.54, 1.807) is 19.1 Å². The van der Waals surface area contributed by atoms with Crippen LogP contribution in [0.4, 0.5) is 0 Å². The van der Waals surface area contributed by atoms with Crippen LogP contribution in [-0.2, 0) is 6.42 Å². The van der Waals surface area contributed by atoms with Crippen LogP contribution in [0.1, 0.15) is 30.7 Å². The van der Waals surface area contributed by atoms with Crippen LogP contribution in [0, 0.1) is 6.92 Å². The molecule has 114 valence electrons. The highest BCUT2D eigenvalue weighted by Crippen LogP contribution is 2.44. The fraction of sp³-hybridized carbons (Fsp3) is 0.278. The van der Waals surface area contributed by atoms with Gasteiger partial charge in [0.1, 0.15) is 33.8 Å². The van der Waals surface area contributed by atoms with Crippen LogP contribution in [0.25, 0.3) is 17.0 Å². The van der Waals surface area contributed by atoms with E-state index in [1.807, 2.05) is 19.9 Å². The molecule has 0 amide bonds. The fourth-order valence-corrected chi connectivity index (χ4v) is 2.74. The summed E-state index contributed by atoms with van der Waals surface area (Å²) in [7, 11) is 0. The van der Waals surface area contributed by atoms with Crippen LogP contribution in [-0.4, -0.2) is 10.7 Å². The number of aromatic hydroxyl groups is 1. The van der Waals surface area contributed by atoms with Gasteiger partial charge in [-0.2, -0.15) is 0 Å². The minimum Gasteiger partial charge on any atom is -0.506 e. The molecule has 0 fully saturated rings. The lowest BCUT2D eigenvalue weighted by Gasteiger charge is -2.30. The maximum Gasteiger partial charge on any atom is 0.196 e. The highest BCUT2D eigenvalue weighted by molar-refractivity contribution is 5.94. The molecule has 0 radical (unpaired) electrons. The summed E-state index contributed by atoms with van der Waals surface area (Å²) < 4.78 is 11.7. The molecule has 1 aromatic carbocycles. The molecule has 0 atom stereocenters. The molecule has 3 rings (SSSR count). The van der Waals surface area contributed by atoms with Gasteiger partial charge in [0.15, 0.2) is 5.43 Å². The molecule has 0 saturated heterocycles. The number of allylic oxidation sites excluding steroid dienone is 1. The van der Waals surface area contributed by atoms with Crippen molar-refractivity contribution in [3.63, 3.8) is 0 Å². The van der Waals surface area contributed by atoms with E-state index in [2.05, 4.69) is 6.58 Å². The average Bonchev–Trinajstić information content (AvgIpc) is 2.41. The monoisotopic (exact) mass is 298 g/mol. The number of benzene rings is 1. The fourth-order valence-electron chi connectivity index (χ4n) is 2.74. The molecule has 0 spiro atoms. The number of hydrogen-bond acceptors (Lipinski definition) is 4. The highest BCUT2D eigenvalue weighted by atomic mass is 16.5. The van der Waals surface area contributed by atoms with Crippen molar-refractivity contribution in [2.45, 2.75) is 32.8 Å². The van der Waals surface area contributed by atoms with E-state index in [4.69, 9.17) is 9.15 Å². The largest absolute Gasteiger partial charge is 0.506 e. The van der Waals surface area contributed by atoms with Gasteiger partial charge >= 0.3 is 0 Å². The van der Waals surface area contributed by atoms with Crippen LogP contribution in [0.2, 0.25) is 0 Å². The van der Waals surface area contributed by atoms with Gasteiger partial charge in [-0.25, -0.2) is 0 Å². The third kappa shape index (κ3) is 2.11. The number of fused-ring (bicyclic) bond motifs is 2. The Morgan fingerprint density at radius 3 is 2.82 bits per heavy atom. The lowest BCUT2D eigenvalue weighted by atomic mass is 9.95. The minimum atomic E-state index is -0.493. The van der Waals surface area contributed by atoms with Gasteiger partial charge in [-0.3, -0.25) is 4.79 Å². The number of aryl methyl sites for hydroxylation is 1. The van der Waals surface area contributed by atoms with E-state index < -0.39 is 5.60 Å². The Balaban J connectivity index is 2.50. The van der Waals surface area contributed by atoms with Crippen molar-refractivity contribution in [1.29, 1.82) is 0 Å². The summed E-state index contributed by atoms with van der Waals surface area (Å²) in [6.07, 6.45) is 5.85. The Morgan fingerprint density at radius 1 is 1.41 bits per heavy atom. The molecule has 1 aliphatic rings. The third-order valence-electron chi connectivity index (χ3n) is 3.72. The standard InChI is InChI=1S/C18H18O4/c1-5-6-12-16-11(7-8-18(3,4)22-16)15(20)14-13(19)9-10(2)21-17(12)14/h5,7-9,20H,1,6H2,2-4H3. The van der Waals surface area contributed by atoms with E-state index in [-0.39, 0.29) is 16.6 Å². The van der Waals surface area contributed by atoms with Crippen molar-refractivity contribution in [3.05, 3.63) is 51.9 Å². The van der Waals surface area contributed by atoms with Gasteiger partial charge in [0.2, 0.25) is 0 Å². The van der Waals surface area contributed by atoms with E-state index in [9.17, 15) is 9.90 Å². The summed E-state index contributed by atoms with van der Waals surface area (Å²) in [5, 5.41) is 10.7. The van der Waals surface area contributed by atoms with Gasteiger partial charge in [-0.1, -0.05) is 6.08 Å². The van der Waals surface area contributed by atoms with Crippen LogP contribution >= 0.6 is 0 Å². The van der Waals surface area contributed by atoms with E-state index in [0.717, 1.165) is 5.56 Å². The average molecular weight is 298 g/mol. The summed E-state index contributed by atoms with van der Waals surface area (Å²) in [6.45, 7) is 9.32. The smallest absolute Gasteiger partial charge is 0.196 e. The zero-order chi connectivity index (χ0) is 16.1. The molecule has 0 bridgehead atoms. The number of ether oxygens (including phenoxy) is 1. The molecule has 0 unspecified atom stereocenters. The number of phenolic OH excluding ortho intramolecular Hbond substituents is 1. The van der Waals surface area contributed by atoms with Crippen LogP contribution in [0.3, 0.4) is 0 Å². The van der Waals surface area contributed by atoms with E-state index in [1.165, 1.54) is 6.07 Å². The Morgan fingerprint density at radius 2 is 2.14 bits per heavy atom. The Labute approximate surface area is 128 Å². The van der Waals surface area contributed by atoms with Crippen molar-refractivity contribution >= 4 is 17.0 Å². The maximum absolute atomic E-state index is 12.3. The van der Waals surface area contributed by atoms with Crippen LogP contribution < -0.4 is 10.2 Å². The minimum absolute atomic E-state index is 0.0988. The first-order chi connectivity index (χ1) is 10.3. The second-order valence-electron chi connectivity index (χ2n) is 6.03. The quantitative estimate of drug-likeness (QED) is 0.858. The molecule has 2 heterocycles. The molecule has 1 aliphatic heterocycles. The summed E-state index contributed by atoms with van der Waals surface area (Å²) >= 11 is 0. The molecule has 4 heteroatoms. The van der Waals surface area contributed by atoms with Gasteiger partial charge < -0.3 is 14.3 Å². The second-order valence-corrected chi connectivity index (χ2v) is 6.03. The van der Waals surface area contributed by atoms with Crippen molar-refractivity contribution in [1.82, 2.24) is 0 Å². The summed E-state index contributed by atoms with van der Waals surface area (Å²) in [5.74, 6) is 0.942. The van der Waals surface area contributed by atoms with Gasteiger partial charge in [0.05, 0.1) is 5.56 Å². The highest BCUT2D eigenvalue weighted by Gasteiger charge is 2.29. The maximum atomic E-state index is 12.3. The molecule has 1 N–H and O–H groups in total. The Bertz CT molecular complexity index is 869. The van der Waals surface area contributed by atoms with Crippen molar-refractivity contribution in [2.75, 3.05) is 0 Å². The Hall–Kier alpha value is -2.49. The van der Waals surface area contributed by atoms with E-state index in [0.29, 0.717) is 29.1 Å². The third-order valence-corrected chi connectivity index (χ3v) is 3.72. The summed E-state index contributed by atoms with van der Waals surface area (Å²) in [4.78, 5) is 12.3. The van der Waals surface area contributed by atoms with Gasteiger partial charge in [0, 0.05) is 11.6 Å². The molecule has 0 aliphatic carbocycles. The summed E-state index contributed by atoms with van der Waals surface area (Å²) in [5.41, 5.74) is 0.860. The molecule has 0 saturated carbocycles. The predicted octanol–water partition coefficient (Wildman–Crippen LogP) is 3.72. The number of hydrogen-bond donors (Lipinski definition) is 1. The first-order valence-electron chi connectivity index (χ1n) is 7.15. The normalized spacial score (nSPS) is 15.4. The molecule has 22 heavy (non-hydrogen) atoms. The zero-order valence-corrected chi connectivity index (χ0v) is 12.9. The van der Waals surface area contributed by atoms with Crippen molar-refractivity contribution < 1.29 is 14.3 Å². The molecule has 4 nitrogen and oxygen atoms in total. The number of phenols is 1. The van der Waals surface area contributed by atoms with Gasteiger partial charge in [0.25, 0.3) is 0 Å². The lowest BCUT2D eigenvalue weighted by Crippen LogP contribution is -2.28. The van der Waals surface area contributed by atoms with Crippen molar-refractivity contribution in [3.8, 4) is 11.5 Å².